The van der Waals surface area contributed by atoms with Gasteiger partial charge in [0.2, 0.25) is 0 Å². The van der Waals surface area contributed by atoms with Crippen LogP contribution in [0.15, 0.2) is 10.9 Å². The number of hydrogen-bond acceptors (Lipinski definition) is 2. The van der Waals surface area contributed by atoms with Crippen molar-refractivity contribution in [2.75, 3.05) is 0 Å². The number of hydrogen-bond donors (Lipinski definition) is 0. The molecule has 0 fully saturated rings. The fourth-order valence-corrected chi connectivity index (χ4v) is 2.61. The maximum Gasteiger partial charge on any atom is 2.00 e. The largest absolute Gasteiger partial charge is 2.00 e. The molecule has 6 heteroatoms. The molecule has 1 aromatic rings. The van der Waals surface area contributed by atoms with E-state index >= 15 is 0 Å². The summed E-state index contributed by atoms with van der Waals surface area (Å²) < 4.78 is 2.33. The first-order chi connectivity index (χ1) is 7.24. The minimum atomic E-state index is 0. The molecule has 0 aliphatic heterocycles. The van der Waals surface area contributed by atoms with E-state index in [4.69, 9.17) is 11.6 Å². The molecule has 17 heavy (non-hydrogen) atoms. The molecular formula is C11H18Cl2NOSZn+. The third kappa shape index (κ3) is 8.37. The predicted molar refractivity (Wildman–Crippen MR) is 67.0 cm³/mol. The van der Waals surface area contributed by atoms with Gasteiger partial charge in [-0.15, -0.1) is 0 Å². The van der Waals surface area contributed by atoms with E-state index in [0.29, 0.717) is 4.34 Å². The molecule has 2 nitrogen and oxygen atoms in total. The van der Waals surface area contributed by atoms with Gasteiger partial charge in [-0.2, -0.15) is 0 Å². The Morgan fingerprint density at radius 1 is 1.24 bits per heavy atom. The van der Waals surface area contributed by atoms with Gasteiger partial charge >= 0.3 is 19.5 Å². The van der Waals surface area contributed by atoms with Crippen molar-refractivity contribution < 1.29 is 31.9 Å². The Hall–Kier alpha value is 0.633. The van der Waals surface area contributed by atoms with Gasteiger partial charge in [0.25, 0.3) is 5.56 Å². The van der Waals surface area contributed by atoms with Crippen molar-refractivity contribution in [2.45, 2.75) is 52.0 Å². The van der Waals surface area contributed by atoms with E-state index in [0.717, 1.165) is 13.0 Å². The van der Waals surface area contributed by atoms with Crippen LogP contribution in [0.5, 0.6) is 0 Å². The van der Waals surface area contributed by atoms with E-state index in [-0.39, 0.29) is 37.4 Å². The van der Waals surface area contributed by atoms with Gasteiger partial charge in [-0.25, -0.2) is 0 Å². The molecule has 1 rings (SSSR count). The standard InChI is InChI=1S/C11H18ClNOS.ClH.Zn/c1-2-3-4-5-6-7-8-13-11(14)9-10(12)15-13;;/h9H,2-8H2,1H3;1H;/q;;+2/p-1. The van der Waals surface area contributed by atoms with E-state index in [1.165, 1.54) is 49.7 Å². The van der Waals surface area contributed by atoms with Gasteiger partial charge in [0.1, 0.15) is 4.34 Å². The SMILES string of the molecule is CCCCCCCCn1sc(Cl)cc1=O.[Cl-].[Zn+2]. The average molecular weight is 349 g/mol. The van der Waals surface area contributed by atoms with E-state index in [9.17, 15) is 4.79 Å². The van der Waals surface area contributed by atoms with E-state index in [1.807, 2.05) is 0 Å². The smallest absolute Gasteiger partial charge is 1.00 e. The van der Waals surface area contributed by atoms with Crippen molar-refractivity contribution in [1.82, 2.24) is 3.96 Å². The van der Waals surface area contributed by atoms with E-state index in [2.05, 4.69) is 6.92 Å². The summed E-state index contributed by atoms with van der Waals surface area (Å²) in [6, 6.07) is 1.49. The van der Waals surface area contributed by atoms with E-state index in [1.54, 1.807) is 3.96 Å². The van der Waals surface area contributed by atoms with Crippen LogP contribution in [0.1, 0.15) is 45.4 Å². The molecule has 0 spiro atoms. The molecule has 0 aromatic carbocycles. The first kappa shape index (κ1) is 20.0. The first-order valence-electron chi connectivity index (χ1n) is 5.60. The van der Waals surface area contributed by atoms with Crippen LogP contribution in [0.3, 0.4) is 0 Å². The van der Waals surface area contributed by atoms with Gasteiger partial charge in [-0.05, 0) is 18.0 Å². The Bertz CT molecular complexity index is 340. The first-order valence-corrected chi connectivity index (χ1v) is 6.76. The summed E-state index contributed by atoms with van der Waals surface area (Å²) in [7, 11) is 0. The minimum absolute atomic E-state index is 0. The zero-order valence-electron chi connectivity index (χ0n) is 10.3. The molecule has 0 saturated heterocycles. The van der Waals surface area contributed by atoms with Crippen molar-refractivity contribution in [3.05, 3.63) is 20.8 Å². The fourth-order valence-electron chi connectivity index (χ4n) is 1.54. The minimum Gasteiger partial charge on any atom is -1.00 e. The number of unbranched alkanes of at least 4 members (excludes halogenated alkanes) is 5. The quantitative estimate of drug-likeness (QED) is 0.531. The third-order valence-electron chi connectivity index (χ3n) is 2.39. The van der Waals surface area contributed by atoms with Gasteiger partial charge in [-0.1, -0.05) is 50.6 Å². The molecule has 0 aliphatic rings. The normalized spacial score (nSPS) is 9.53. The van der Waals surface area contributed by atoms with Crippen LogP contribution in [-0.2, 0) is 26.0 Å². The molecule has 0 bridgehead atoms. The molecule has 0 aliphatic carbocycles. The summed E-state index contributed by atoms with van der Waals surface area (Å²) in [4.78, 5) is 11.3. The molecule has 0 atom stereocenters. The molecule has 0 amide bonds. The van der Waals surface area contributed by atoms with E-state index < -0.39 is 0 Å². The third-order valence-corrected chi connectivity index (χ3v) is 3.59. The Kier molecular flexibility index (Phi) is 13.7. The summed E-state index contributed by atoms with van der Waals surface area (Å²) >= 11 is 7.10. The van der Waals surface area contributed by atoms with Crippen molar-refractivity contribution in [1.29, 1.82) is 0 Å². The Morgan fingerprint density at radius 2 is 1.82 bits per heavy atom. The summed E-state index contributed by atoms with van der Waals surface area (Å²) in [5.41, 5.74) is 0.0403. The second-order valence-corrected chi connectivity index (χ2v) is 5.44. The molecule has 0 radical (unpaired) electrons. The van der Waals surface area contributed by atoms with Crippen LogP contribution in [0.2, 0.25) is 4.34 Å². The van der Waals surface area contributed by atoms with Gasteiger partial charge in [0, 0.05) is 12.6 Å². The van der Waals surface area contributed by atoms with Crippen molar-refractivity contribution in [3.8, 4) is 0 Å². The number of halogens is 2. The van der Waals surface area contributed by atoms with Crippen LogP contribution < -0.4 is 18.0 Å². The topological polar surface area (TPSA) is 22.0 Å². The summed E-state index contributed by atoms with van der Waals surface area (Å²) in [6.07, 6.45) is 7.49. The second-order valence-electron chi connectivity index (χ2n) is 3.75. The maximum atomic E-state index is 11.3. The number of rotatable bonds is 7. The second kappa shape index (κ2) is 11.7. The molecule has 0 N–H and O–H groups in total. The molecular weight excluding hydrogens is 330 g/mol. The van der Waals surface area contributed by atoms with Gasteiger partial charge in [0.05, 0.1) is 0 Å². The number of aromatic nitrogens is 1. The summed E-state index contributed by atoms with van der Waals surface area (Å²) in [5.74, 6) is 0. The Balaban J connectivity index is 0. The summed E-state index contributed by atoms with van der Waals surface area (Å²) in [6.45, 7) is 3.04. The van der Waals surface area contributed by atoms with Gasteiger partial charge in [-0.3, -0.25) is 8.75 Å². The maximum absolute atomic E-state index is 11.3. The van der Waals surface area contributed by atoms with Crippen LogP contribution in [0.25, 0.3) is 0 Å². The predicted octanol–water partition coefficient (Wildman–Crippen LogP) is 0.925. The molecule has 94 valence electrons. The van der Waals surface area contributed by atoms with Crippen LogP contribution in [0.4, 0.5) is 0 Å². The number of aryl methyl sites for hydroxylation is 1. The zero-order chi connectivity index (χ0) is 11.1. The Morgan fingerprint density at radius 3 is 2.35 bits per heavy atom. The van der Waals surface area contributed by atoms with Gasteiger partial charge < -0.3 is 12.4 Å². The van der Waals surface area contributed by atoms with Crippen LogP contribution in [-0.4, -0.2) is 3.96 Å². The van der Waals surface area contributed by atoms with Crippen molar-refractivity contribution in [2.24, 2.45) is 0 Å². The molecule has 0 saturated carbocycles. The van der Waals surface area contributed by atoms with Gasteiger partial charge in [0.15, 0.2) is 0 Å². The molecule has 0 unspecified atom stereocenters. The van der Waals surface area contributed by atoms with Crippen LogP contribution in [0, 0.1) is 0 Å². The Labute approximate surface area is 131 Å². The molecule has 1 heterocycles. The summed E-state index contributed by atoms with van der Waals surface area (Å²) in [5, 5.41) is 0. The molecule has 1 aromatic heterocycles. The van der Waals surface area contributed by atoms with Crippen LogP contribution >= 0.6 is 23.1 Å². The fraction of sp³-hybridized carbons (Fsp3) is 0.727. The zero-order valence-corrected chi connectivity index (χ0v) is 15.5. The monoisotopic (exact) mass is 346 g/mol. The van der Waals surface area contributed by atoms with Crippen molar-refractivity contribution >= 4 is 23.1 Å². The number of nitrogens with zero attached hydrogens (tertiary/aromatic N) is 1. The van der Waals surface area contributed by atoms with Crippen molar-refractivity contribution in [3.63, 3.8) is 0 Å². The average Bonchev–Trinajstić information content (AvgIpc) is 2.51.